The van der Waals surface area contributed by atoms with Crippen LogP contribution in [-0.4, -0.2) is 23.1 Å². The van der Waals surface area contributed by atoms with Gasteiger partial charge in [0.2, 0.25) is 0 Å². The van der Waals surface area contributed by atoms with Gasteiger partial charge in [0, 0.05) is 5.75 Å². The first-order chi connectivity index (χ1) is 12.6. The van der Waals surface area contributed by atoms with Crippen molar-refractivity contribution in [3.05, 3.63) is 53.6 Å². The molecule has 136 valence electrons. The van der Waals surface area contributed by atoms with E-state index in [1.54, 1.807) is 11.8 Å². The third-order valence-electron chi connectivity index (χ3n) is 5.61. The maximum atomic E-state index is 12.1. The number of carbonyl (C=O) groups is 1. The highest BCUT2D eigenvalue weighted by Crippen LogP contribution is 2.33. The Balaban J connectivity index is 1.31. The average Bonchev–Trinajstić information content (AvgIpc) is 3.05. The Morgan fingerprint density at radius 3 is 2.69 bits per heavy atom. The second-order valence-corrected chi connectivity index (χ2v) is 8.90. The maximum Gasteiger partial charge on any atom is 0.316 e. The summed E-state index contributed by atoms with van der Waals surface area (Å²) in [5, 5.41) is 2.60. The molecule has 0 amide bonds. The maximum absolute atomic E-state index is 12.1. The van der Waals surface area contributed by atoms with Gasteiger partial charge in [-0.15, -0.1) is 11.8 Å². The summed E-state index contributed by atoms with van der Waals surface area (Å²) >= 11 is 1.70. The van der Waals surface area contributed by atoms with Gasteiger partial charge < -0.3 is 4.74 Å². The summed E-state index contributed by atoms with van der Waals surface area (Å²) in [5.74, 6) is 1.87. The van der Waals surface area contributed by atoms with E-state index in [9.17, 15) is 4.79 Å². The van der Waals surface area contributed by atoms with Gasteiger partial charge in [0.25, 0.3) is 0 Å². The van der Waals surface area contributed by atoms with Crippen molar-refractivity contribution in [2.24, 2.45) is 5.92 Å². The predicted octanol–water partition coefficient (Wildman–Crippen LogP) is 5.63. The first kappa shape index (κ1) is 17.7. The van der Waals surface area contributed by atoms with E-state index in [-0.39, 0.29) is 11.6 Å². The number of benzene rings is 2. The van der Waals surface area contributed by atoms with Crippen molar-refractivity contribution >= 4 is 34.6 Å². The Morgan fingerprint density at radius 2 is 1.92 bits per heavy atom. The van der Waals surface area contributed by atoms with Crippen LogP contribution < -0.4 is 0 Å². The van der Waals surface area contributed by atoms with E-state index in [0.29, 0.717) is 11.7 Å². The topological polar surface area (TPSA) is 26.3 Å². The van der Waals surface area contributed by atoms with Gasteiger partial charge in [0.15, 0.2) is 0 Å². The van der Waals surface area contributed by atoms with Crippen LogP contribution in [0.15, 0.2) is 42.5 Å². The lowest BCUT2D eigenvalue weighted by atomic mass is 9.89. The molecule has 0 aliphatic heterocycles. The minimum absolute atomic E-state index is 0.0504. The molecule has 1 unspecified atom stereocenters. The van der Waals surface area contributed by atoms with Gasteiger partial charge >= 0.3 is 5.97 Å². The molecule has 0 aromatic heterocycles. The van der Waals surface area contributed by atoms with Crippen molar-refractivity contribution in [2.75, 3.05) is 11.5 Å². The highest BCUT2D eigenvalue weighted by molar-refractivity contribution is 7.99. The first-order valence-corrected chi connectivity index (χ1v) is 10.8. The molecule has 2 aliphatic rings. The normalized spacial score (nSPS) is 20.9. The van der Waals surface area contributed by atoms with E-state index in [0.717, 1.165) is 25.0 Å². The van der Waals surface area contributed by atoms with Crippen molar-refractivity contribution in [1.82, 2.24) is 0 Å². The van der Waals surface area contributed by atoms with Crippen LogP contribution in [-0.2, 0) is 16.0 Å². The fourth-order valence-corrected chi connectivity index (χ4v) is 5.04. The van der Waals surface area contributed by atoms with Crippen LogP contribution in [0.4, 0.5) is 0 Å². The number of hydrogen-bond acceptors (Lipinski definition) is 3. The Hall–Kier alpha value is -1.74. The summed E-state index contributed by atoms with van der Waals surface area (Å²) in [6.07, 6.45) is 9.98. The van der Waals surface area contributed by atoms with Crippen LogP contribution in [0.25, 0.3) is 16.8 Å². The largest absolute Gasteiger partial charge is 0.459 e. The molecule has 4 rings (SSSR count). The number of carbonyl (C=O) groups excluding carboxylic acids is 1. The minimum Gasteiger partial charge on any atom is -0.459 e. The number of hydrogen-bond donors (Lipinski definition) is 0. The number of fused-ring (bicyclic) bond motifs is 2. The standard InChI is InChI=1S/C23H26O2S/c1-23(10-4-5-11-23)25-22(24)16-26-15-17-8-9-20-13-18-6-2-3-7-19(18)14-21(20)12-17/h2-3,6-9,13-14,17H,4-5,10-12,15-16H2,1H3. The lowest BCUT2D eigenvalue weighted by Crippen LogP contribution is -2.29. The van der Waals surface area contributed by atoms with Gasteiger partial charge in [-0.05, 0) is 72.9 Å². The van der Waals surface area contributed by atoms with E-state index in [2.05, 4.69) is 55.5 Å². The van der Waals surface area contributed by atoms with Crippen LogP contribution in [0.1, 0.15) is 43.7 Å². The molecule has 0 spiro atoms. The highest BCUT2D eigenvalue weighted by atomic mass is 32.2. The zero-order valence-corrected chi connectivity index (χ0v) is 16.2. The molecule has 1 atom stereocenters. The number of rotatable bonds is 5. The average molecular weight is 367 g/mol. The summed E-state index contributed by atoms with van der Waals surface area (Å²) in [6.45, 7) is 2.08. The third-order valence-corrected chi connectivity index (χ3v) is 6.71. The molecule has 2 aromatic rings. The Labute approximate surface area is 160 Å². The lowest BCUT2D eigenvalue weighted by Gasteiger charge is -2.24. The van der Waals surface area contributed by atoms with Crippen molar-refractivity contribution in [1.29, 1.82) is 0 Å². The van der Waals surface area contributed by atoms with Crippen molar-refractivity contribution in [3.8, 4) is 0 Å². The lowest BCUT2D eigenvalue weighted by molar-refractivity contribution is -0.154. The van der Waals surface area contributed by atoms with E-state index in [1.165, 1.54) is 34.7 Å². The predicted molar refractivity (Wildman–Crippen MR) is 110 cm³/mol. The first-order valence-electron chi connectivity index (χ1n) is 9.61. The smallest absolute Gasteiger partial charge is 0.316 e. The molecular weight excluding hydrogens is 340 g/mol. The molecule has 1 fully saturated rings. The van der Waals surface area contributed by atoms with Crippen LogP contribution >= 0.6 is 11.8 Å². The van der Waals surface area contributed by atoms with Crippen molar-refractivity contribution < 1.29 is 9.53 Å². The second-order valence-electron chi connectivity index (χ2n) is 7.87. The summed E-state index contributed by atoms with van der Waals surface area (Å²) in [5.41, 5.74) is 2.54. The van der Waals surface area contributed by atoms with Crippen LogP contribution in [0.2, 0.25) is 0 Å². The molecule has 2 nitrogen and oxygen atoms in total. The molecule has 1 saturated carbocycles. The fraction of sp³-hybridized carbons (Fsp3) is 0.435. The molecule has 2 aromatic carbocycles. The molecule has 3 heteroatoms. The summed E-state index contributed by atoms with van der Waals surface area (Å²) < 4.78 is 5.71. The molecule has 0 saturated heterocycles. The van der Waals surface area contributed by atoms with Gasteiger partial charge in [-0.25, -0.2) is 0 Å². The zero-order chi connectivity index (χ0) is 18.0. The van der Waals surface area contributed by atoms with E-state index >= 15 is 0 Å². The molecule has 26 heavy (non-hydrogen) atoms. The number of allylic oxidation sites excluding steroid dienone is 1. The second kappa shape index (κ2) is 7.48. The van der Waals surface area contributed by atoms with E-state index in [4.69, 9.17) is 4.74 Å². The fourth-order valence-electron chi connectivity index (χ4n) is 4.16. The quantitative estimate of drug-likeness (QED) is 0.641. The van der Waals surface area contributed by atoms with Gasteiger partial charge in [-0.1, -0.05) is 42.5 Å². The van der Waals surface area contributed by atoms with Crippen LogP contribution in [0.5, 0.6) is 0 Å². The van der Waals surface area contributed by atoms with E-state index < -0.39 is 0 Å². The summed E-state index contributed by atoms with van der Waals surface area (Å²) in [4.78, 5) is 12.1. The Morgan fingerprint density at radius 1 is 1.19 bits per heavy atom. The summed E-state index contributed by atoms with van der Waals surface area (Å²) in [6, 6.07) is 13.1. The molecular formula is C23H26O2S. The molecule has 2 aliphatic carbocycles. The molecule has 0 heterocycles. The third kappa shape index (κ3) is 3.98. The molecule has 0 radical (unpaired) electrons. The van der Waals surface area contributed by atoms with Gasteiger partial charge in [-0.3, -0.25) is 4.79 Å². The summed E-state index contributed by atoms with van der Waals surface area (Å²) in [7, 11) is 0. The van der Waals surface area contributed by atoms with Crippen molar-refractivity contribution in [3.63, 3.8) is 0 Å². The van der Waals surface area contributed by atoms with Crippen LogP contribution in [0, 0.1) is 5.92 Å². The van der Waals surface area contributed by atoms with Gasteiger partial charge in [0.05, 0.1) is 5.75 Å². The minimum atomic E-state index is -0.206. The van der Waals surface area contributed by atoms with Gasteiger partial charge in [-0.2, -0.15) is 0 Å². The van der Waals surface area contributed by atoms with Crippen molar-refractivity contribution in [2.45, 2.75) is 44.6 Å². The Bertz CT molecular complexity index is 833. The number of ether oxygens (including phenoxy) is 1. The number of esters is 1. The van der Waals surface area contributed by atoms with Gasteiger partial charge in [0.1, 0.15) is 5.60 Å². The number of thioether (sulfide) groups is 1. The Kier molecular flexibility index (Phi) is 5.08. The molecule has 0 N–H and O–H groups in total. The monoisotopic (exact) mass is 366 g/mol. The van der Waals surface area contributed by atoms with E-state index in [1.807, 2.05) is 0 Å². The van der Waals surface area contributed by atoms with Crippen LogP contribution in [0.3, 0.4) is 0 Å². The highest BCUT2D eigenvalue weighted by Gasteiger charge is 2.32. The SMILES string of the molecule is CC1(OC(=O)CSCC2C=Cc3cc4ccccc4cc3C2)CCCC1. The zero-order valence-electron chi connectivity index (χ0n) is 15.4. The molecule has 0 bridgehead atoms.